The fourth-order valence-corrected chi connectivity index (χ4v) is 4.59. The zero-order valence-electron chi connectivity index (χ0n) is 14.0. The molecule has 1 N–H and O–H groups in total. The second-order valence-electron chi connectivity index (χ2n) is 5.97. The Morgan fingerprint density at radius 1 is 1.24 bits per heavy atom. The number of carbonyl (C=O) groups is 1. The van der Waals surface area contributed by atoms with Gasteiger partial charge in [0.1, 0.15) is 0 Å². The van der Waals surface area contributed by atoms with Crippen molar-refractivity contribution in [2.24, 2.45) is 0 Å². The summed E-state index contributed by atoms with van der Waals surface area (Å²) in [6.45, 7) is 4.08. The average molecular weight is 423 g/mol. The first kappa shape index (κ1) is 17.9. The second-order valence-corrected chi connectivity index (χ2v) is 8.57. The fraction of sp³-hybridized carbons (Fsp3) is 0.278. The summed E-state index contributed by atoms with van der Waals surface area (Å²) in [6.07, 6.45) is 1.38. The Labute approximate surface area is 156 Å². The van der Waals surface area contributed by atoms with E-state index in [1.54, 1.807) is 29.2 Å². The zero-order chi connectivity index (χ0) is 18.2. The van der Waals surface area contributed by atoms with Crippen LogP contribution in [0.1, 0.15) is 25.0 Å². The van der Waals surface area contributed by atoms with Crippen LogP contribution in [0.15, 0.2) is 45.8 Å². The molecular weight excluding hydrogens is 404 g/mol. The van der Waals surface area contributed by atoms with Crippen LogP contribution in [0.25, 0.3) is 0 Å². The van der Waals surface area contributed by atoms with Crippen molar-refractivity contribution in [3.63, 3.8) is 0 Å². The number of hydrogen-bond donors (Lipinski definition) is 1. The van der Waals surface area contributed by atoms with Gasteiger partial charge >= 0.3 is 0 Å². The number of sulfonamides is 1. The summed E-state index contributed by atoms with van der Waals surface area (Å²) in [5.41, 5.74) is 3.17. The molecule has 1 amide bonds. The van der Waals surface area contributed by atoms with Crippen LogP contribution >= 0.6 is 15.9 Å². The van der Waals surface area contributed by atoms with Crippen molar-refractivity contribution < 1.29 is 13.2 Å². The SMILES string of the molecule is CCc1cc(Br)ccc1NS(=O)(=O)c1ccc2c(c1)CCN2C(C)=O. The van der Waals surface area contributed by atoms with E-state index in [-0.39, 0.29) is 10.8 Å². The molecule has 2 aromatic rings. The van der Waals surface area contributed by atoms with Gasteiger partial charge in [0.05, 0.1) is 10.6 Å². The van der Waals surface area contributed by atoms with Crippen LogP contribution < -0.4 is 9.62 Å². The third-order valence-corrected chi connectivity index (χ3v) is 6.19. The Hall–Kier alpha value is -1.86. The summed E-state index contributed by atoms with van der Waals surface area (Å²) in [5, 5.41) is 0. The minimum absolute atomic E-state index is 0.0325. The maximum Gasteiger partial charge on any atom is 0.261 e. The van der Waals surface area contributed by atoms with Gasteiger partial charge in [0.2, 0.25) is 5.91 Å². The minimum Gasteiger partial charge on any atom is -0.312 e. The molecule has 0 spiro atoms. The van der Waals surface area contributed by atoms with E-state index in [1.807, 2.05) is 19.1 Å². The van der Waals surface area contributed by atoms with Crippen molar-refractivity contribution in [3.05, 3.63) is 52.0 Å². The first-order chi connectivity index (χ1) is 11.8. The van der Waals surface area contributed by atoms with Crippen molar-refractivity contribution in [2.45, 2.75) is 31.6 Å². The van der Waals surface area contributed by atoms with Crippen LogP contribution in [0.5, 0.6) is 0 Å². The Balaban J connectivity index is 1.93. The molecule has 0 saturated carbocycles. The van der Waals surface area contributed by atoms with Gasteiger partial charge in [0.25, 0.3) is 10.0 Å². The maximum atomic E-state index is 12.8. The highest BCUT2D eigenvalue weighted by atomic mass is 79.9. The molecule has 7 heteroatoms. The lowest BCUT2D eigenvalue weighted by Crippen LogP contribution is -2.25. The third kappa shape index (κ3) is 3.57. The average Bonchev–Trinajstić information content (AvgIpc) is 2.99. The number of halogens is 1. The van der Waals surface area contributed by atoms with Gasteiger partial charge in [0.15, 0.2) is 0 Å². The van der Waals surface area contributed by atoms with Gasteiger partial charge in [-0.05, 0) is 60.4 Å². The molecule has 0 aliphatic carbocycles. The number of anilines is 2. The van der Waals surface area contributed by atoms with Gasteiger partial charge in [-0.15, -0.1) is 0 Å². The lowest BCUT2D eigenvalue weighted by Gasteiger charge is -2.16. The van der Waals surface area contributed by atoms with E-state index in [9.17, 15) is 13.2 Å². The fourth-order valence-electron chi connectivity index (χ4n) is 3.03. The first-order valence-electron chi connectivity index (χ1n) is 8.04. The largest absolute Gasteiger partial charge is 0.312 e. The van der Waals surface area contributed by atoms with Gasteiger partial charge in [-0.25, -0.2) is 8.42 Å². The third-order valence-electron chi connectivity index (χ3n) is 4.33. The molecule has 0 saturated heterocycles. The smallest absolute Gasteiger partial charge is 0.261 e. The Morgan fingerprint density at radius 2 is 2.00 bits per heavy atom. The summed E-state index contributed by atoms with van der Waals surface area (Å²) >= 11 is 3.40. The van der Waals surface area contributed by atoms with E-state index in [0.717, 1.165) is 27.7 Å². The van der Waals surface area contributed by atoms with Crippen LogP contribution in [0.2, 0.25) is 0 Å². The second kappa shape index (κ2) is 6.80. The monoisotopic (exact) mass is 422 g/mol. The molecule has 0 fully saturated rings. The molecule has 25 heavy (non-hydrogen) atoms. The molecule has 0 atom stereocenters. The molecule has 0 radical (unpaired) electrons. The highest BCUT2D eigenvalue weighted by Crippen LogP contribution is 2.31. The van der Waals surface area contributed by atoms with Gasteiger partial charge in [-0.2, -0.15) is 0 Å². The molecule has 1 heterocycles. The van der Waals surface area contributed by atoms with Crippen molar-refractivity contribution in [2.75, 3.05) is 16.2 Å². The molecule has 1 aliphatic rings. The van der Waals surface area contributed by atoms with E-state index < -0.39 is 10.0 Å². The van der Waals surface area contributed by atoms with E-state index in [4.69, 9.17) is 0 Å². The zero-order valence-corrected chi connectivity index (χ0v) is 16.4. The minimum atomic E-state index is -3.69. The molecule has 3 rings (SSSR count). The molecule has 0 bridgehead atoms. The Kier molecular flexibility index (Phi) is 4.88. The summed E-state index contributed by atoms with van der Waals surface area (Å²) in [7, 11) is -3.69. The summed E-state index contributed by atoms with van der Waals surface area (Å²) in [6, 6.07) is 10.4. The van der Waals surface area contributed by atoms with Crippen molar-refractivity contribution in [3.8, 4) is 0 Å². The van der Waals surface area contributed by atoms with Crippen molar-refractivity contribution in [1.82, 2.24) is 0 Å². The highest BCUT2D eigenvalue weighted by Gasteiger charge is 2.25. The number of nitrogens with one attached hydrogen (secondary N) is 1. The molecule has 0 unspecified atom stereocenters. The maximum absolute atomic E-state index is 12.8. The van der Waals surface area contributed by atoms with Crippen LogP contribution in [-0.2, 0) is 27.7 Å². The number of benzene rings is 2. The molecule has 0 aromatic heterocycles. The number of fused-ring (bicyclic) bond motifs is 1. The summed E-state index contributed by atoms with van der Waals surface area (Å²) < 4.78 is 29.1. The van der Waals surface area contributed by atoms with Gasteiger partial charge in [-0.3, -0.25) is 9.52 Å². The molecular formula is C18H19BrN2O3S. The molecule has 132 valence electrons. The number of hydrogen-bond acceptors (Lipinski definition) is 3. The number of nitrogens with zero attached hydrogens (tertiary/aromatic N) is 1. The normalized spacial score (nSPS) is 13.6. The van der Waals surface area contributed by atoms with E-state index in [0.29, 0.717) is 18.7 Å². The molecule has 1 aliphatic heterocycles. The Morgan fingerprint density at radius 3 is 2.68 bits per heavy atom. The number of carbonyl (C=O) groups excluding carboxylic acids is 1. The topological polar surface area (TPSA) is 66.5 Å². The predicted molar refractivity (Wildman–Crippen MR) is 103 cm³/mol. The number of aryl methyl sites for hydroxylation is 1. The lowest BCUT2D eigenvalue weighted by molar-refractivity contribution is -0.116. The summed E-state index contributed by atoms with van der Waals surface area (Å²) in [4.78, 5) is 13.5. The molecule has 2 aromatic carbocycles. The summed E-state index contributed by atoms with van der Waals surface area (Å²) in [5.74, 6) is -0.0325. The Bertz CT molecular complexity index is 941. The van der Waals surface area contributed by atoms with Gasteiger partial charge in [0, 0.05) is 23.6 Å². The quantitative estimate of drug-likeness (QED) is 0.815. The lowest BCUT2D eigenvalue weighted by atomic mass is 10.1. The van der Waals surface area contributed by atoms with Crippen LogP contribution in [0.3, 0.4) is 0 Å². The first-order valence-corrected chi connectivity index (χ1v) is 10.3. The van der Waals surface area contributed by atoms with Crippen LogP contribution in [0, 0.1) is 0 Å². The van der Waals surface area contributed by atoms with E-state index >= 15 is 0 Å². The predicted octanol–water partition coefficient (Wildman–Crippen LogP) is 3.72. The van der Waals surface area contributed by atoms with Crippen molar-refractivity contribution >= 4 is 43.2 Å². The number of amides is 1. The standard InChI is InChI=1S/C18H19BrN2O3S/c1-3-13-10-15(19)4-6-17(13)20-25(23,24)16-5-7-18-14(11-16)8-9-21(18)12(2)22/h4-7,10-11,20H,3,8-9H2,1-2H3. The van der Waals surface area contributed by atoms with Crippen LogP contribution in [0.4, 0.5) is 11.4 Å². The van der Waals surface area contributed by atoms with E-state index in [1.165, 1.54) is 6.92 Å². The van der Waals surface area contributed by atoms with Gasteiger partial charge < -0.3 is 4.90 Å². The van der Waals surface area contributed by atoms with Gasteiger partial charge in [-0.1, -0.05) is 22.9 Å². The van der Waals surface area contributed by atoms with Crippen molar-refractivity contribution in [1.29, 1.82) is 0 Å². The van der Waals surface area contributed by atoms with Crippen LogP contribution in [-0.4, -0.2) is 20.9 Å². The van der Waals surface area contributed by atoms with E-state index in [2.05, 4.69) is 20.7 Å². The highest BCUT2D eigenvalue weighted by molar-refractivity contribution is 9.10. The molecule has 5 nitrogen and oxygen atoms in total. The number of rotatable bonds is 4.